The van der Waals surface area contributed by atoms with Crippen LogP contribution < -0.4 is 4.90 Å². The fourth-order valence-corrected chi connectivity index (χ4v) is 7.22. The zero-order valence-corrected chi connectivity index (χ0v) is 21.1. The van der Waals surface area contributed by atoms with Crippen molar-refractivity contribution in [3.05, 3.63) is 28.1 Å². The van der Waals surface area contributed by atoms with Gasteiger partial charge in [0.2, 0.25) is 0 Å². The molecule has 184 valence electrons. The third kappa shape index (κ3) is 4.82. The number of anilines is 1. The Labute approximate surface area is 205 Å². The SMILES string of the molecule is Cc1cc(CC(=O)CC2CCC(CCN3CCc4sc(N5CC6(CCO6)C5)nc4C3)CC2)on1. The zero-order chi connectivity index (χ0) is 23.1. The molecule has 2 aromatic rings. The van der Waals surface area contributed by atoms with Gasteiger partial charge in [0.1, 0.15) is 17.1 Å². The average Bonchev–Trinajstić information content (AvgIpc) is 3.36. The summed E-state index contributed by atoms with van der Waals surface area (Å²) in [6, 6.07) is 1.87. The van der Waals surface area contributed by atoms with Gasteiger partial charge in [-0.2, -0.15) is 0 Å². The van der Waals surface area contributed by atoms with Crippen molar-refractivity contribution in [3.8, 4) is 0 Å². The maximum atomic E-state index is 12.4. The number of carbonyl (C=O) groups is 1. The van der Waals surface area contributed by atoms with Gasteiger partial charge in [-0.25, -0.2) is 4.98 Å². The highest BCUT2D eigenvalue weighted by Gasteiger charge is 2.50. The molecule has 5 heterocycles. The van der Waals surface area contributed by atoms with Crippen LogP contribution in [0, 0.1) is 18.8 Å². The molecule has 4 aliphatic rings. The molecule has 6 rings (SSSR count). The zero-order valence-electron chi connectivity index (χ0n) is 20.3. The molecule has 2 aromatic heterocycles. The van der Waals surface area contributed by atoms with Crippen molar-refractivity contribution in [2.24, 2.45) is 11.8 Å². The van der Waals surface area contributed by atoms with Gasteiger partial charge in [0.15, 0.2) is 5.13 Å². The first-order valence-electron chi connectivity index (χ1n) is 13.1. The highest BCUT2D eigenvalue weighted by molar-refractivity contribution is 7.15. The fraction of sp³-hybridized carbons (Fsp3) is 0.731. The van der Waals surface area contributed by atoms with E-state index in [9.17, 15) is 4.79 Å². The molecule has 1 aliphatic carbocycles. The molecule has 3 aliphatic heterocycles. The van der Waals surface area contributed by atoms with E-state index in [0.29, 0.717) is 30.3 Å². The van der Waals surface area contributed by atoms with E-state index in [1.54, 1.807) is 0 Å². The number of ketones is 1. The van der Waals surface area contributed by atoms with E-state index in [1.165, 1.54) is 60.8 Å². The molecular weight excluding hydrogens is 448 g/mol. The Hall–Kier alpha value is -1.77. The molecule has 0 N–H and O–H groups in total. The number of nitrogens with zero attached hydrogens (tertiary/aromatic N) is 4. The topological polar surface area (TPSA) is 71.7 Å². The predicted octanol–water partition coefficient (Wildman–Crippen LogP) is 4.18. The van der Waals surface area contributed by atoms with Crippen LogP contribution in [0.25, 0.3) is 0 Å². The molecular formula is C26H36N4O3S. The number of carbonyl (C=O) groups excluding carboxylic acids is 1. The maximum absolute atomic E-state index is 12.4. The number of aryl methyl sites for hydroxylation is 1. The summed E-state index contributed by atoms with van der Waals surface area (Å²) in [4.78, 5) is 23.9. The van der Waals surface area contributed by atoms with Crippen LogP contribution in [0.15, 0.2) is 10.6 Å². The molecule has 0 unspecified atom stereocenters. The van der Waals surface area contributed by atoms with Gasteiger partial charge in [-0.15, -0.1) is 11.3 Å². The molecule has 1 saturated carbocycles. The maximum Gasteiger partial charge on any atom is 0.186 e. The molecule has 0 aromatic carbocycles. The van der Waals surface area contributed by atoms with E-state index in [0.717, 1.165) is 50.8 Å². The van der Waals surface area contributed by atoms with Gasteiger partial charge in [-0.05, 0) is 51.0 Å². The molecule has 0 amide bonds. The van der Waals surface area contributed by atoms with Crippen LogP contribution >= 0.6 is 11.3 Å². The average molecular weight is 485 g/mol. The van der Waals surface area contributed by atoms with Crippen LogP contribution in [-0.2, 0) is 28.9 Å². The highest BCUT2D eigenvalue weighted by Crippen LogP contribution is 2.41. The molecule has 8 heteroatoms. The molecule has 0 radical (unpaired) electrons. The van der Waals surface area contributed by atoms with Crippen molar-refractivity contribution in [1.29, 1.82) is 0 Å². The van der Waals surface area contributed by atoms with Crippen LogP contribution in [-0.4, -0.2) is 59.2 Å². The third-order valence-electron chi connectivity index (χ3n) is 8.37. The van der Waals surface area contributed by atoms with E-state index in [-0.39, 0.29) is 5.60 Å². The number of aromatic nitrogens is 2. The summed E-state index contributed by atoms with van der Waals surface area (Å²) in [7, 11) is 0. The third-order valence-corrected chi connectivity index (χ3v) is 9.59. The van der Waals surface area contributed by atoms with Gasteiger partial charge < -0.3 is 14.2 Å². The second-order valence-corrected chi connectivity index (χ2v) is 12.1. The first-order valence-corrected chi connectivity index (χ1v) is 13.9. The lowest BCUT2D eigenvalue weighted by molar-refractivity contribution is -0.160. The van der Waals surface area contributed by atoms with E-state index < -0.39 is 0 Å². The van der Waals surface area contributed by atoms with E-state index in [2.05, 4.69) is 15.0 Å². The Bertz CT molecular complexity index is 1010. The number of ether oxygens (including phenoxy) is 1. The second-order valence-electron chi connectivity index (χ2n) is 11.1. The number of Topliss-reactive ketones (excluding diaryl/α,β-unsaturated/α-hetero) is 1. The van der Waals surface area contributed by atoms with Gasteiger partial charge in [-0.3, -0.25) is 9.69 Å². The minimum Gasteiger partial charge on any atom is -0.371 e. The second kappa shape index (κ2) is 9.36. The highest BCUT2D eigenvalue weighted by atomic mass is 32.1. The van der Waals surface area contributed by atoms with Gasteiger partial charge >= 0.3 is 0 Å². The lowest BCUT2D eigenvalue weighted by Crippen LogP contribution is -2.68. The van der Waals surface area contributed by atoms with Crippen LogP contribution in [0.1, 0.15) is 67.0 Å². The molecule has 0 bridgehead atoms. The van der Waals surface area contributed by atoms with Crippen LogP contribution in [0.4, 0.5) is 5.13 Å². The summed E-state index contributed by atoms with van der Waals surface area (Å²) in [6.45, 7) is 8.21. The minimum absolute atomic E-state index is 0.167. The fourth-order valence-electron chi connectivity index (χ4n) is 6.17. The number of thiazole rings is 1. The number of fused-ring (bicyclic) bond motifs is 1. The summed E-state index contributed by atoms with van der Waals surface area (Å²) < 4.78 is 11.0. The summed E-state index contributed by atoms with van der Waals surface area (Å²) >= 11 is 1.90. The van der Waals surface area contributed by atoms with E-state index in [1.807, 2.05) is 24.3 Å². The first kappa shape index (κ1) is 22.7. The summed E-state index contributed by atoms with van der Waals surface area (Å²) in [6.07, 6.45) is 9.61. The Kier molecular flexibility index (Phi) is 6.24. The lowest BCUT2D eigenvalue weighted by Gasteiger charge is -2.55. The van der Waals surface area contributed by atoms with Crippen LogP contribution in [0.5, 0.6) is 0 Å². The van der Waals surface area contributed by atoms with Crippen LogP contribution in [0.2, 0.25) is 0 Å². The van der Waals surface area contributed by atoms with E-state index >= 15 is 0 Å². The Morgan fingerprint density at radius 2 is 2.03 bits per heavy atom. The Balaban J connectivity index is 0.911. The predicted molar refractivity (Wildman–Crippen MR) is 131 cm³/mol. The summed E-state index contributed by atoms with van der Waals surface area (Å²) in [5.41, 5.74) is 2.32. The standard InChI is InChI=1S/C26H36N4O3S/c1-18-12-22(33-28-18)14-21(31)13-20-4-2-19(3-5-20)6-9-29-10-7-24-23(15-29)27-25(34-24)30-16-26(17-30)8-11-32-26/h12,19-20H,2-11,13-17H2,1H3. The molecule has 34 heavy (non-hydrogen) atoms. The molecule has 3 fully saturated rings. The Morgan fingerprint density at radius 3 is 2.74 bits per heavy atom. The largest absolute Gasteiger partial charge is 0.371 e. The Morgan fingerprint density at radius 1 is 1.24 bits per heavy atom. The van der Waals surface area contributed by atoms with Gasteiger partial charge in [0.25, 0.3) is 0 Å². The molecule has 7 nitrogen and oxygen atoms in total. The normalized spacial score (nSPS) is 26.2. The smallest absolute Gasteiger partial charge is 0.186 e. The minimum atomic E-state index is 0.167. The summed E-state index contributed by atoms with van der Waals surface area (Å²) in [5, 5.41) is 5.09. The number of hydrogen-bond acceptors (Lipinski definition) is 8. The van der Waals surface area contributed by atoms with Gasteiger partial charge in [0, 0.05) is 36.9 Å². The molecule has 1 spiro atoms. The molecule has 2 saturated heterocycles. The van der Waals surface area contributed by atoms with Crippen molar-refractivity contribution in [2.45, 2.75) is 76.9 Å². The van der Waals surface area contributed by atoms with E-state index in [4.69, 9.17) is 14.2 Å². The monoisotopic (exact) mass is 484 g/mol. The quantitative estimate of drug-likeness (QED) is 0.557. The van der Waals surface area contributed by atoms with Crippen molar-refractivity contribution in [2.75, 3.05) is 37.7 Å². The first-order chi connectivity index (χ1) is 16.5. The van der Waals surface area contributed by atoms with Crippen molar-refractivity contribution < 1.29 is 14.1 Å². The van der Waals surface area contributed by atoms with Gasteiger partial charge in [-0.1, -0.05) is 18.0 Å². The van der Waals surface area contributed by atoms with Crippen molar-refractivity contribution in [3.63, 3.8) is 0 Å². The number of hydrogen-bond donors (Lipinski definition) is 0. The number of rotatable bonds is 8. The van der Waals surface area contributed by atoms with Crippen molar-refractivity contribution >= 4 is 22.3 Å². The molecule has 0 atom stereocenters. The van der Waals surface area contributed by atoms with Crippen LogP contribution in [0.3, 0.4) is 0 Å². The summed E-state index contributed by atoms with van der Waals surface area (Å²) in [5.74, 6) is 2.34. The lowest BCUT2D eigenvalue weighted by atomic mass is 9.78. The van der Waals surface area contributed by atoms with Crippen molar-refractivity contribution in [1.82, 2.24) is 15.0 Å². The van der Waals surface area contributed by atoms with Gasteiger partial charge in [0.05, 0.1) is 37.5 Å².